The van der Waals surface area contributed by atoms with E-state index in [1.807, 2.05) is 60.7 Å². The average Bonchev–Trinajstić information content (AvgIpc) is 3.42. The summed E-state index contributed by atoms with van der Waals surface area (Å²) in [5.41, 5.74) is 3.00. The third-order valence-electron chi connectivity index (χ3n) is 5.37. The summed E-state index contributed by atoms with van der Waals surface area (Å²) < 4.78 is 11.4. The largest absolute Gasteiger partial charge is 0.461 e. The average molecular weight is 455 g/mol. The predicted molar refractivity (Wildman–Crippen MR) is 131 cm³/mol. The van der Waals surface area contributed by atoms with Crippen molar-refractivity contribution in [1.82, 2.24) is 10.6 Å². The molecule has 4 aromatic rings. The van der Waals surface area contributed by atoms with Crippen molar-refractivity contribution in [3.63, 3.8) is 0 Å². The fraction of sp³-hybridized carbons (Fsp3) is 0.143. The van der Waals surface area contributed by atoms with Crippen LogP contribution in [0.2, 0.25) is 0 Å². The fourth-order valence-corrected chi connectivity index (χ4v) is 3.54. The molecule has 0 aliphatic heterocycles. The minimum Gasteiger partial charge on any atom is -0.461 e. The van der Waals surface area contributed by atoms with Crippen LogP contribution >= 0.6 is 0 Å². The van der Waals surface area contributed by atoms with Gasteiger partial charge in [-0.05, 0) is 49.3 Å². The highest BCUT2D eigenvalue weighted by Crippen LogP contribution is 2.20. The van der Waals surface area contributed by atoms with Gasteiger partial charge in [0.1, 0.15) is 23.0 Å². The molecule has 172 valence electrons. The van der Waals surface area contributed by atoms with Crippen LogP contribution < -0.4 is 10.6 Å². The van der Waals surface area contributed by atoms with E-state index in [-0.39, 0.29) is 11.8 Å². The Morgan fingerprint density at radius 2 is 1.06 bits per heavy atom. The highest BCUT2D eigenvalue weighted by Gasteiger charge is 2.15. The lowest BCUT2D eigenvalue weighted by Gasteiger charge is -2.03. The Kier molecular flexibility index (Phi) is 7.08. The number of benzene rings is 2. The van der Waals surface area contributed by atoms with E-state index in [2.05, 4.69) is 10.6 Å². The Morgan fingerprint density at radius 1 is 0.676 bits per heavy atom. The molecule has 6 heteroatoms. The van der Waals surface area contributed by atoms with Gasteiger partial charge in [0.15, 0.2) is 0 Å². The lowest BCUT2D eigenvalue weighted by Crippen LogP contribution is -2.22. The fourth-order valence-electron chi connectivity index (χ4n) is 3.54. The number of furan rings is 2. The number of carbonyl (C=O) groups excluding carboxylic acids is 2. The number of hydrogen-bond acceptors (Lipinski definition) is 4. The molecule has 2 heterocycles. The molecule has 2 N–H and O–H groups in total. The highest BCUT2D eigenvalue weighted by atomic mass is 16.3. The third-order valence-corrected chi connectivity index (χ3v) is 5.37. The third kappa shape index (κ3) is 5.72. The Hall–Kier alpha value is -4.32. The van der Waals surface area contributed by atoms with Crippen LogP contribution in [0.1, 0.15) is 54.9 Å². The van der Waals surface area contributed by atoms with Crippen molar-refractivity contribution in [2.45, 2.75) is 26.9 Å². The monoisotopic (exact) mass is 454 g/mol. The lowest BCUT2D eigenvalue weighted by atomic mass is 10.2. The van der Waals surface area contributed by atoms with Crippen LogP contribution in [0.4, 0.5) is 0 Å². The van der Waals surface area contributed by atoms with Crippen LogP contribution in [-0.2, 0) is 13.1 Å². The molecule has 0 saturated carbocycles. The highest BCUT2D eigenvalue weighted by molar-refractivity contribution is 5.96. The van der Waals surface area contributed by atoms with Gasteiger partial charge < -0.3 is 19.5 Å². The van der Waals surface area contributed by atoms with Gasteiger partial charge in [-0.3, -0.25) is 9.59 Å². The van der Waals surface area contributed by atoms with Crippen molar-refractivity contribution in [2.24, 2.45) is 0 Å². The smallest absolute Gasteiger partial charge is 0.255 e. The zero-order valence-corrected chi connectivity index (χ0v) is 19.1. The van der Waals surface area contributed by atoms with Crippen molar-refractivity contribution in [1.29, 1.82) is 0 Å². The Bertz CT molecular complexity index is 1200. The van der Waals surface area contributed by atoms with Gasteiger partial charge >= 0.3 is 0 Å². The summed E-state index contributed by atoms with van der Waals surface area (Å²) in [6, 6.07) is 22.8. The van der Waals surface area contributed by atoms with Crippen molar-refractivity contribution in [3.05, 3.63) is 118 Å². The van der Waals surface area contributed by atoms with Crippen molar-refractivity contribution in [3.8, 4) is 0 Å². The van der Waals surface area contributed by atoms with E-state index < -0.39 is 0 Å². The summed E-state index contributed by atoms with van der Waals surface area (Å²) in [4.78, 5) is 25.1. The van der Waals surface area contributed by atoms with E-state index in [4.69, 9.17) is 8.83 Å². The number of rotatable bonds is 8. The summed E-state index contributed by atoms with van der Waals surface area (Å²) in [6.07, 6.45) is 3.43. The van der Waals surface area contributed by atoms with Crippen LogP contribution in [0.25, 0.3) is 12.2 Å². The first kappa shape index (κ1) is 22.9. The normalized spacial score (nSPS) is 11.0. The Balaban J connectivity index is 1.38. The molecular weight excluding hydrogens is 428 g/mol. The van der Waals surface area contributed by atoms with Crippen LogP contribution in [0.15, 0.2) is 81.6 Å². The Labute approximate surface area is 198 Å². The maximum Gasteiger partial charge on any atom is 0.255 e. The van der Waals surface area contributed by atoms with Gasteiger partial charge in [-0.25, -0.2) is 0 Å². The predicted octanol–water partition coefficient (Wildman–Crippen LogP) is 5.52. The molecule has 0 aliphatic carbocycles. The molecule has 0 atom stereocenters. The molecule has 0 fully saturated rings. The van der Waals surface area contributed by atoms with Gasteiger partial charge in [-0.1, -0.05) is 60.7 Å². The molecule has 0 spiro atoms. The summed E-state index contributed by atoms with van der Waals surface area (Å²) in [5, 5.41) is 5.81. The van der Waals surface area contributed by atoms with E-state index in [1.165, 1.54) is 0 Å². The first-order valence-corrected chi connectivity index (χ1v) is 11.0. The molecular formula is C28H26N2O4. The van der Waals surface area contributed by atoms with Gasteiger partial charge in [-0.2, -0.15) is 0 Å². The molecule has 2 aromatic carbocycles. The number of carbonyl (C=O) groups is 2. The van der Waals surface area contributed by atoms with Crippen molar-refractivity contribution in [2.75, 3.05) is 0 Å². The molecule has 0 bridgehead atoms. The maximum atomic E-state index is 12.6. The molecule has 4 rings (SSSR count). The van der Waals surface area contributed by atoms with Gasteiger partial charge in [0.25, 0.3) is 11.8 Å². The van der Waals surface area contributed by atoms with Gasteiger partial charge in [0.05, 0.1) is 11.1 Å². The van der Waals surface area contributed by atoms with Crippen LogP contribution in [0.3, 0.4) is 0 Å². The standard InChI is InChI=1S/C28H26N2O4/c1-19-25(27(31)29-17-21-9-5-3-6-10-21)15-23(33-19)13-14-24-16-26(20(2)34-24)28(32)30-18-22-11-7-4-8-12-22/h3-16H,17-18H2,1-2H3,(H,29,31)(H,30,32). The summed E-state index contributed by atoms with van der Waals surface area (Å²) >= 11 is 0. The van der Waals surface area contributed by atoms with Gasteiger partial charge in [-0.15, -0.1) is 0 Å². The first-order valence-electron chi connectivity index (χ1n) is 11.0. The number of hydrogen-bond donors (Lipinski definition) is 2. The second-order valence-corrected chi connectivity index (χ2v) is 7.91. The molecule has 0 radical (unpaired) electrons. The van der Waals surface area contributed by atoms with Crippen LogP contribution in [0, 0.1) is 13.8 Å². The maximum absolute atomic E-state index is 12.6. The van der Waals surface area contributed by atoms with Crippen LogP contribution in [-0.4, -0.2) is 11.8 Å². The Morgan fingerprint density at radius 3 is 1.44 bits per heavy atom. The van der Waals surface area contributed by atoms with E-state index in [0.717, 1.165) is 11.1 Å². The molecule has 0 unspecified atom stereocenters. The van der Waals surface area contributed by atoms with Crippen molar-refractivity contribution < 1.29 is 18.4 Å². The molecule has 34 heavy (non-hydrogen) atoms. The summed E-state index contributed by atoms with van der Waals surface area (Å²) in [7, 11) is 0. The zero-order valence-electron chi connectivity index (χ0n) is 19.1. The molecule has 6 nitrogen and oxygen atoms in total. The zero-order chi connectivity index (χ0) is 23.9. The van der Waals surface area contributed by atoms with E-state index >= 15 is 0 Å². The number of amides is 2. The first-order chi connectivity index (χ1) is 16.5. The SMILES string of the molecule is Cc1oc(C=Cc2cc(C(=O)NCc3ccccc3)c(C)o2)cc1C(=O)NCc1ccccc1. The number of aryl methyl sites for hydroxylation is 2. The van der Waals surface area contributed by atoms with E-state index in [1.54, 1.807) is 38.1 Å². The molecule has 2 aromatic heterocycles. The quantitative estimate of drug-likeness (QED) is 0.367. The second kappa shape index (κ2) is 10.5. The second-order valence-electron chi connectivity index (χ2n) is 7.91. The summed E-state index contributed by atoms with van der Waals surface area (Å²) in [5.74, 6) is 1.70. The number of nitrogens with one attached hydrogen (secondary N) is 2. The van der Waals surface area contributed by atoms with Crippen LogP contribution in [0.5, 0.6) is 0 Å². The minimum atomic E-state index is -0.198. The van der Waals surface area contributed by atoms with Gasteiger partial charge in [0.2, 0.25) is 0 Å². The van der Waals surface area contributed by atoms with E-state index in [9.17, 15) is 9.59 Å². The topological polar surface area (TPSA) is 84.5 Å². The van der Waals surface area contributed by atoms with Crippen molar-refractivity contribution >= 4 is 24.0 Å². The molecule has 2 amide bonds. The lowest BCUT2D eigenvalue weighted by molar-refractivity contribution is 0.0941. The molecule has 0 aliphatic rings. The van der Waals surface area contributed by atoms with E-state index in [0.29, 0.717) is 47.3 Å². The molecule has 0 saturated heterocycles. The summed E-state index contributed by atoms with van der Waals surface area (Å²) in [6.45, 7) is 4.38. The minimum absolute atomic E-state index is 0.198. The van der Waals surface area contributed by atoms with Gasteiger partial charge in [0, 0.05) is 13.1 Å².